The van der Waals surface area contributed by atoms with E-state index in [0.717, 1.165) is 26.7 Å². The van der Waals surface area contributed by atoms with E-state index >= 15 is 0 Å². The second-order valence-corrected chi connectivity index (χ2v) is 8.72. The smallest absolute Gasteiger partial charge is 0.265 e. The molecule has 3 aromatic heterocycles. The molecule has 0 atom stereocenters. The molecule has 3 heterocycles. The van der Waals surface area contributed by atoms with Crippen LogP contribution in [0, 0.1) is 6.92 Å². The molecule has 33 heavy (non-hydrogen) atoms. The summed E-state index contributed by atoms with van der Waals surface area (Å²) in [6.45, 7) is 1.25. The Hall–Kier alpha value is -4.04. The average molecular weight is 459 g/mol. The largest absolute Gasteiger partial charge is 0.346 e. The van der Waals surface area contributed by atoms with Gasteiger partial charge in [0, 0.05) is 44.8 Å². The molecule has 5 rings (SSSR count). The first-order valence-electron chi connectivity index (χ1n) is 10.3. The monoisotopic (exact) mass is 458 g/mol. The Morgan fingerprint density at radius 1 is 1.06 bits per heavy atom. The minimum atomic E-state index is -0.634. The predicted octanol–water partition coefficient (Wildman–Crippen LogP) is 6.06. The molecule has 2 aromatic carbocycles. The average Bonchev–Trinajstić information content (AvgIpc) is 3.48. The van der Waals surface area contributed by atoms with Crippen LogP contribution in [0.25, 0.3) is 21.1 Å². The summed E-state index contributed by atoms with van der Waals surface area (Å²) in [5, 5.41) is 7.64. The number of nitrogens with zero attached hydrogens (tertiary/aromatic N) is 1. The normalized spacial score (nSPS) is 11.1. The van der Waals surface area contributed by atoms with Gasteiger partial charge in [-0.15, -0.1) is 11.3 Å². The Bertz CT molecular complexity index is 1520. The van der Waals surface area contributed by atoms with Crippen LogP contribution < -0.4 is 10.6 Å². The highest BCUT2D eigenvalue weighted by molar-refractivity contribution is 7.21. The number of amides is 2. The van der Waals surface area contributed by atoms with E-state index in [4.69, 9.17) is 0 Å². The van der Waals surface area contributed by atoms with Gasteiger partial charge in [-0.1, -0.05) is 18.2 Å². The molecule has 3 N–H and O–H groups in total. The van der Waals surface area contributed by atoms with Gasteiger partial charge in [0.25, 0.3) is 11.8 Å². The predicted molar refractivity (Wildman–Crippen MR) is 130 cm³/mol. The number of fused-ring (bicyclic) bond motifs is 3. The van der Waals surface area contributed by atoms with Crippen LogP contribution in [-0.2, 0) is 6.67 Å². The molecular formula is C25H19FN4O2S. The fourth-order valence-electron chi connectivity index (χ4n) is 3.63. The number of aromatic nitrogens is 2. The number of hydrogen-bond donors (Lipinski definition) is 3. The van der Waals surface area contributed by atoms with Gasteiger partial charge in [0.2, 0.25) is 0 Å². The summed E-state index contributed by atoms with van der Waals surface area (Å²) in [7, 11) is 0. The number of benzene rings is 2. The van der Waals surface area contributed by atoms with Crippen molar-refractivity contribution in [1.29, 1.82) is 0 Å². The number of H-pyrrole nitrogens is 1. The van der Waals surface area contributed by atoms with E-state index in [1.165, 1.54) is 17.4 Å². The number of halogens is 1. The zero-order valence-electron chi connectivity index (χ0n) is 17.6. The molecule has 0 radical (unpaired) electrons. The van der Waals surface area contributed by atoms with E-state index in [0.29, 0.717) is 27.4 Å². The van der Waals surface area contributed by atoms with Crippen molar-refractivity contribution in [2.75, 3.05) is 10.6 Å². The molecule has 0 unspecified atom stereocenters. The standard InChI is InChI=1S/C25H19FN4O2S/c1-14-5-6-18(29-24(31)16-4-2-3-15(9-16)12-26)11-20(14)30-25(32)21-10-17-13-28-23-19(7-8-27-23)22(17)33-21/h2-11,13H,12H2,1H3,(H,27,28)(H,29,31)(H,30,32). The molecule has 0 aliphatic heterocycles. The summed E-state index contributed by atoms with van der Waals surface area (Å²) in [6.07, 6.45) is 3.58. The van der Waals surface area contributed by atoms with Gasteiger partial charge in [0.05, 0.1) is 4.88 Å². The summed E-state index contributed by atoms with van der Waals surface area (Å²) in [5.41, 5.74) is 3.57. The van der Waals surface area contributed by atoms with Crippen molar-refractivity contribution in [2.45, 2.75) is 13.6 Å². The second-order valence-electron chi connectivity index (χ2n) is 7.67. The molecule has 0 aliphatic rings. The SMILES string of the molecule is Cc1ccc(NC(=O)c2cccc(CF)c2)cc1NC(=O)c1cc2cnc3[nH]ccc3c2s1. The molecular weight excluding hydrogens is 439 g/mol. The van der Waals surface area contributed by atoms with Crippen molar-refractivity contribution < 1.29 is 14.0 Å². The summed E-state index contributed by atoms with van der Waals surface area (Å²) >= 11 is 1.41. The Labute approximate surface area is 192 Å². The lowest BCUT2D eigenvalue weighted by atomic mass is 10.1. The molecule has 0 aliphatic carbocycles. The van der Waals surface area contributed by atoms with Crippen molar-refractivity contribution in [3.8, 4) is 0 Å². The van der Waals surface area contributed by atoms with Crippen LogP contribution in [0.1, 0.15) is 31.2 Å². The van der Waals surface area contributed by atoms with Crippen LogP contribution in [0.2, 0.25) is 0 Å². The molecule has 8 heteroatoms. The lowest BCUT2D eigenvalue weighted by Crippen LogP contribution is -2.14. The molecule has 6 nitrogen and oxygen atoms in total. The van der Waals surface area contributed by atoms with E-state index < -0.39 is 6.67 Å². The molecule has 0 saturated heterocycles. The van der Waals surface area contributed by atoms with Gasteiger partial charge < -0.3 is 15.6 Å². The van der Waals surface area contributed by atoms with E-state index in [9.17, 15) is 14.0 Å². The number of alkyl halides is 1. The zero-order chi connectivity index (χ0) is 22.9. The highest BCUT2D eigenvalue weighted by atomic mass is 32.1. The summed E-state index contributed by atoms with van der Waals surface area (Å²) in [4.78, 5) is 33.6. The van der Waals surface area contributed by atoms with Gasteiger partial charge in [-0.3, -0.25) is 9.59 Å². The van der Waals surface area contributed by atoms with Crippen LogP contribution >= 0.6 is 11.3 Å². The topological polar surface area (TPSA) is 86.9 Å². The fraction of sp³-hybridized carbons (Fsp3) is 0.0800. The van der Waals surface area contributed by atoms with E-state index in [1.807, 2.05) is 31.3 Å². The van der Waals surface area contributed by atoms with Crippen molar-refractivity contribution in [2.24, 2.45) is 0 Å². The maximum atomic E-state index is 13.0. The summed E-state index contributed by atoms with van der Waals surface area (Å²) < 4.78 is 13.9. The Balaban J connectivity index is 1.37. The first-order chi connectivity index (χ1) is 16.0. The van der Waals surface area contributed by atoms with E-state index in [-0.39, 0.29) is 11.8 Å². The Kier molecular flexibility index (Phi) is 5.35. The highest BCUT2D eigenvalue weighted by Crippen LogP contribution is 2.32. The third-order valence-electron chi connectivity index (χ3n) is 5.37. The van der Waals surface area contributed by atoms with Crippen LogP contribution in [-0.4, -0.2) is 21.8 Å². The quantitative estimate of drug-likeness (QED) is 0.299. The number of carbonyl (C=O) groups is 2. The van der Waals surface area contributed by atoms with Crippen LogP contribution in [0.3, 0.4) is 0 Å². The fourth-order valence-corrected chi connectivity index (χ4v) is 4.68. The van der Waals surface area contributed by atoms with E-state index in [2.05, 4.69) is 20.6 Å². The van der Waals surface area contributed by atoms with Crippen LogP contribution in [0.5, 0.6) is 0 Å². The number of thiophene rings is 1. The number of nitrogens with one attached hydrogen (secondary N) is 3. The molecule has 164 valence electrons. The molecule has 0 bridgehead atoms. The van der Waals surface area contributed by atoms with Gasteiger partial charge in [-0.05, 0) is 54.4 Å². The van der Waals surface area contributed by atoms with Crippen molar-refractivity contribution in [3.63, 3.8) is 0 Å². The summed E-state index contributed by atoms with van der Waals surface area (Å²) in [6, 6.07) is 15.5. The minimum Gasteiger partial charge on any atom is -0.346 e. The number of hydrogen-bond acceptors (Lipinski definition) is 4. The summed E-state index contributed by atoms with van der Waals surface area (Å²) in [5.74, 6) is -0.582. The number of pyridine rings is 1. The molecule has 0 saturated carbocycles. The number of rotatable bonds is 5. The van der Waals surface area contributed by atoms with Gasteiger partial charge in [-0.2, -0.15) is 0 Å². The maximum Gasteiger partial charge on any atom is 0.265 e. The molecule has 5 aromatic rings. The number of aryl methyl sites for hydroxylation is 1. The van der Waals surface area contributed by atoms with Gasteiger partial charge in [0.15, 0.2) is 0 Å². The molecule has 0 spiro atoms. The molecule has 2 amide bonds. The number of carbonyl (C=O) groups excluding carboxylic acids is 2. The van der Waals surface area contributed by atoms with Crippen molar-refractivity contribution in [1.82, 2.24) is 9.97 Å². The third-order valence-corrected chi connectivity index (χ3v) is 6.56. The minimum absolute atomic E-state index is 0.234. The first-order valence-corrected chi connectivity index (χ1v) is 11.1. The van der Waals surface area contributed by atoms with E-state index in [1.54, 1.807) is 36.5 Å². The maximum absolute atomic E-state index is 13.0. The van der Waals surface area contributed by atoms with Crippen molar-refractivity contribution in [3.05, 3.63) is 88.6 Å². The van der Waals surface area contributed by atoms with Gasteiger partial charge >= 0.3 is 0 Å². The zero-order valence-corrected chi connectivity index (χ0v) is 18.4. The van der Waals surface area contributed by atoms with Gasteiger partial charge in [-0.25, -0.2) is 9.37 Å². The van der Waals surface area contributed by atoms with Crippen LogP contribution in [0.4, 0.5) is 15.8 Å². The lowest BCUT2D eigenvalue weighted by molar-refractivity contribution is 0.102. The second kappa shape index (κ2) is 8.48. The molecule has 0 fully saturated rings. The first kappa shape index (κ1) is 20.8. The van der Waals surface area contributed by atoms with Crippen molar-refractivity contribution >= 4 is 55.6 Å². The lowest BCUT2D eigenvalue weighted by Gasteiger charge is -2.11. The highest BCUT2D eigenvalue weighted by Gasteiger charge is 2.15. The number of anilines is 2. The Morgan fingerprint density at radius 3 is 2.79 bits per heavy atom. The van der Waals surface area contributed by atoms with Gasteiger partial charge in [0.1, 0.15) is 12.3 Å². The third kappa shape index (κ3) is 4.08. The number of aromatic amines is 1. The van der Waals surface area contributed by atoms with Crippen LogP contribution in [0.15, 0.2) is 67.0 Å². The Morgan fingerprint density at radius 2 is 1.94 bits per heavy atom.